The molecule has 0 radical (unpaired) electrons. The number of rotatable bonds is 0. The van der Waals surface area contributed by atoms with Crippen LogP contribution in [0.1, 0.15) is 0 Å². The summed E-state index contributed by atoms with van der Waals surface area (Å²) in [6.45, 7) is 0. The molecule has 0 amide bonds. The average molecular weight is 261 g/mol. The van der Waals surface area contributed by atoms with E-state index < -0.39 is 0 Å². The van der Waals surface area contributed by atoms with Crippen LogP contribution >= 0.6 is 27.5 Å². The number of benzene rings is 1. The fourth-order valence-corrected chi connectivity index (χ4v) is 1.69. The molecule has 13 heavy (non-hydrogen) atoms. The van der Waals surface area contributed by atoms with Crippen LogP contribution in [0.25, 0.3) is 11.0 Å². The summed E-state index contributed by atoms with van der Waals surface area (Å²) >= 11 is 8.80. The van der Waals surface area contributed by atoms with Crippen LogP contribution in [0.3, 0.4) is 0 Å². The number of fused-ring (bicyclic) bond motifs is 1. The molecule has 0 unspecified atom stereocenters. The van der Waals surface area contributed by atoms with Gasteiger partial charge in [0.2, 0.25) is 0 Å². The predicted molar refractivity (Wildman–Crippen MR) is 52.2 cm³/mol. The van der Waals surface area contributed by atoms with Gasteiger partial charge < -0.3 is 0 Å². The molecule has 0 aliphatic heterocycles. The molecule has 0 N–H and O–H groups in total. The van der Waals surface area contributed by atoms with Crippen molar-refractivity contribution in [3.8, 4) is 0 Å². The number of aromatic nitrogens is 2. The second-order valence-electron chi connectivity index (χ2n) is 2.45. The summed E-state index contributed by atoms with van der Waals surface area (Å²) in [5, 5.41) is 0.255. The van der Waals surface area contributed by atoms with Crippen molar-refractivity contribution in [3.05, 3.63) is 33.8 Å². The zero-order valence-electron chi connectivity index (χ0n) is 6.26. The van der Waals surface area contributed by atoms with Gasteiger partial charge in [0.15, 0.2) is 0 Å². The van der Waals surface area contributed by atoms with E-state index in [4.69, 9.17) is 11.6 Å². The van der Waals surface area contributed by atoms with Gasteiger partial charge in [-0.2, -0.15) is 0 Å². The Morgan fingerprint density at radius 1 is 1.38 bits per heavy atom. The van der Waals surface area contributed by atoms with Crippen LogP contribution in [0.15, 0.2) is 22.8 Å². The molecule has 1 aromatic heterocycles. The first-order valence-electron chi connectivity index (χ1n) is 3.44. The summed E-state index contributed by atoms with van der Waals surface area (Å²) in [7, 11) is 0. The molecule has 0 spiro atoms. The first-order chi connectivity index (χ1) is 6.16. The Bertz CT molecular complexity index is 470. The molecule has 2 nitrogen and oxygen atoms in total. The summed E-state index contributed by atoms with van der Waals surface area (Å²) in [6.07, 6.45) is 1.42. The van der Waals surface area contributed by atoms with E-state index in [9.17, 15) is 4.39 Å². The highest BCUT2D eigenvalue weighted by Crippen LogP contribution is 2.22. The summed E-state index contributed by atoms with van der Waals surface area (Å²) in [5.74, 6) is -0.365. The van der Waals surface area contributed by atoms with Gasteiger partial charge in [-0.25, -0.2) is 9.37 Å². The molecule has 0 saturated carbocycles. The summed E-state index contributed by atoms with van der Waals surface area (Å²) in [6, 6.07) is 2.63. The Kier molecular flexibility index (Phi) is 2.17. The Morgan fingerprint density at radius 2 is 2.15 bits per heavy atom. The predicted octanol–water partition coefficient (Wildman–Crippen LogP) is 3.18. The molecular weight excluding hydrogens is 258 g/mol. The van der Waals surface area contributed by atoms with Crippen molar-refractivity contribution in [2.24, 2.45) is 0 Å². The molecule has 1 heterocycles. The fraction of sp³-hybridized carbons (Fsp3) is 0. The molecule has 66 valence electrons. The molecule has 0 atom stereocenters. The van der Waals surface area contributed by atoms with Gasteiger partial charge in [0.05, 0.1) is 11.7 Å². The van der Waals surface area contributed by atoms with Crippen LogP contribution in [-0.2, 0) is 0 Å². The lowest BCUT2D eigenvalue weighted by Crippen LogP contribution is -1.87. The van der Waals surface area contributed by atoms with Gasteiger partial charge in [0.1, 0.15) is 16.5 Å². The van der Waals surface area contributed by atoms with Gasteiger partial charge in [-0.05, 0) is 22.0 Å². The van der Waals surface area contributed by atoms with Crippen molar-refractivity contribution >= 4 is 38.6 Å². The van der Waals surface area contributed by atoms with Crippen molar-refractivity contribution in [3.63, 3.8) is 0 Å². The van der Waals surface area contributed by atoms with Gasteiger partial charge in [-0.1, -0.05) is 11.6 Å². The standard InChI is InChI=1S/C8H3BrClFN2/c9-5-1-4(11)2-6-8(5)12-3-7(10)13-6/h1-3H. The number of halogens is 3. The maximum atomic E-state index is 12.9. The quantitative estimate of drug-likeness (QED) is 0.728. The molecule has 0 fully saturated rings. The molecule has 2 rings (SSSR count). The van der Waals surface area contributed by atoms with Crippen LogP contribution in [0.5, 0.6) is 0 Å². The minimum Gasteiger partial charge on any atom is -0.250 e. The Morgan fingerprint density at radius 3 is 2.92 bits per heavy atom. The summed E-state index contributed by atoms with van der Waals surface area (Å²) < 4.78 is 13.5. The molecule has 5 heteroatoms. The van der Waals surface area contributed by atoms with Crippen LogP contribution in [-0.4, -0.2) is 9.97 Å². The van der Waals surface area contributed by atoms with E-state index in [1.807, 2.05) is 0 Å². The van der Waals surface area contributed by atoms with Crippen LogP contribution < -0.4 is 0 Å². The van der Waals surface area contributed by atoms with Crippen molar-refractivity contribution in [1.82, 2.24) is 9.97 Å². The summed E-state index contributed by atoms with van der Waals surface area (Å²) in [4.78, 5) is 7.94. The van der Waals surface area contributed by atoms with Crippen molar-refractivity contribution in [2.75, 3.05) is 0 Å². The van der Waals surface area contributed by atoms with Gasteiger partial charge >= 0.3 is 0 Å². The molecule has 0 aliphatic carbocycles. The van der Waals surface area contributed by atoms with Gasteiger partial charge in [0.25, 0.3) is 0 Å². The highest BCUT2D eigenvalue weighted by molar-refractivity contribution is 9.10. The highest BCUT2D eigenvalue weighted by Gasteiger charge is 2.04. The normalized spacial score (nSPS) is 10.7. The van der Waals surface area contributed by atoms with E-state index in [1.54, 1.807) is 0 Å². The van der Waals surface area contributed by atoms with Gasteiger partial charge in [-0.15, -0.1) is 0 Å². The third-order valence-electron chi connectivity index (χ3n) is 1.54. The largest absolute Gasteiger partial charge is 0.250 e. The molecule has 1 aromatic carbocycles. The second-order valence-corrected chi connectivity index (χ2v) is 3.69. The van der Waals surface area contributed by atoms with Gasteiger partial charge in [-0.3, -0.25) is 4.98 Å². The van der Waals surface area contributed by atoms with E-state index in [2.05, 4.69) is 25.9 Å². The lowest BCUT2D eigenvalue weighted by Gasteiger charge is -1.99. The topological polar surface area (TPSA) is 25.8 Å². The number of hydrogen-bond donors (Lipinski definition) is 0. The van der Waals surface area contributed by atoms with Crippen LogP contribution in [0, 0.1) is 5.82 Å². The molecule has 0 aliphatic rings. The maximum absolute atomic E-state index is 12.9. The van der Waals surface area contributed by atoms with E-state index in [0.717, 1.165) is 0 Å². The van der Waals surface area contributed by atoms with Crippen molar-refractivity contribution in [2.45, 2.75) is 0 Å². The first kappa shape index (κ1) is 8.84. The number of hydrogen-bond acceptors (Lipinski definition) is 2. The molecule has 0 bridgehead atoms. The summed E-state index contributed by atoms with van der Waals surface area (Å²) in [5.41, 5.74) is 1.05. The monoisotopic (exact) mass is 260 g/mol. The van der Waals surface area contributed by atoms with Crippen molar-refractivity contribution < 1.29 is 4.39 Å². The Labute approximate surface area is 86.9 Å². The van der Waals surface area contributed by atoms with E-state index in [-0.39, 0.29) is 11.0 Å². The third kappa shape index (κ3) is 1.64. The average Bonchev–Trinajstić information content (AvgIpc) is 2.02. The zero-order valence-corrected chi connectivity index (χ0v) is 8.60. The second kappa shape index (κ2) is 3.20. The minimum absolute atomic E-state index is 0.255. The van der Waals surface area contributed by atoms with E-state index in [1.165, 1.54) is 18.3 Å². The molecular formula is C8H3BrClFN2. The highest BCUT2D eigenvalue weighted by atomic mass is 79.9. The fourth-order valence-electron chi connectivity index (χ4n) is 1.03. The molecule has 2 aromatic rings. The SMILES string of the molecule is Fc1cc(Br)c2ncc(Cl)nc2c1. The van der Waals surface area contributed by atoms with Crippen LogP contribution in [0.4, 0.5) is 4.39 Å². The zero-order chi connectivity index (χ0) is 9.42. The lowest BCUT2D eigenvalue weighted by molar-refractivity contribution is 0.628. The third-order valence-corrected chi connectivity index (χ3v) is 2.32. The maximum Gasteiger partial charge on any atom is 0.148 e. The Hall–Kier alpha value is -0.740. The minimum atomic E-state index is -0.365. The first-order valence-corrected chi connectivity index (χ1v) is 4.61. The lowest BCUT2D eigenvalue weighted by atomic mass is 10.3. The number of nitrogens with zero attached hydrogens (tertiary/aromatic N) is 2. The van der Waals surface area contributed by atoms with Gasteiger partial charge in [0, 0.05) is 10.5 Å². The Balaban J connectivity index is 2.86. The van der Waals surface area contributed by atoms with Crippen LogP contribution in [0.2, 0.25) is 5.15 Å². The van der Waals surface area contributed by atoms with Crippen molar-refractivity contribution in [1.29, 1.82) is 0 Å². The smallest absolute Gasteiger partial charge is 0.148 e. The van der Waals surface area contributed by atoms with E-state index in [0.29, 0.717) is 15.5 Å². The molecule has 0 saturated heterocycles. The van der Waals surface area contributed by atoms with E-state index >= 15 is 0 Å².